The fraction of sp³-hybridized carbons (Fsp3) is 0.500. The van der Waals surface area contributed by atoms with Crippen LogP contribution in [0.4, 0.5) is 4.79 Å². The number of amides is 1. The lowest BCUT2D eigenvalue weighted by Crippen LogP contribution is -2.53. The Morgan fingerprint density at radius 2 is 2.11 bits per heavy atom. The minimum absolute atomic E-state index is 0.00931. The molecule has 0 unspecified atom stereocenters. The standard InChI is InChI=1S/C14H20N2O3/c17-10-12-6-7-16(14(18)19)9-13(12)15-8-11-4-2-1-3-5-11/h1-5,12-13,15,17H,6-10H2,(H,18,19)/t12-,13-/m1/s1. The summed E-state index contributed by atoms with van der Waals surface area (Å²) < 4.78 is 0. The van der Waals surface area contributed by atoms with Crippen molar-refractivity contribution in [1.29, 1.82) is 0 Å². The first-order chi connectivity index (χ1) is 9.20. The lowest BCUT2D eigenvalue weighted by atomic mass is 9.92. The first-order valence-corrected chi connectivity index (χ1v) is 6.56. The molecule has 0 saturated carbocycles. The van der Waals surface area contributed by atoms with Gasteiger partial charge in [0.2, 0.25) is 0 Å². The Morgan fingerprint density at radius 1 is 1.37 bits per heavy atom. The molecule has 1 aliphatic rings. The highest BCUT2D eigenvalue weighted by Gasteiger charge is 2.30. The second-order valence-corrected chi connectivity index (χ2v) is 4.93. The predicted molar refractivity (Wildman–Crippen MR) is 71.9 cm³/mol. The van der Waals surface area contributed by atoms with Gasteiger partial charge in [-0.05, 0) is 12.0 Å². The van der Waals surface area contributed by atoms with Crippen molar-refractivity contribution < 1.29 is 15.0 Å². The number of hydrogen-bond acceptors (Lipinski definition) is 3. The van der Waals surface area contributed by atoms with E-state index >= 15 is 0 Å². The molecule has 0 spiro atoms. The number of rotatable bonds is 4. The predicted octanol–water partition coefficient (Wildman–Crippen LogP) is 1.14. The molecule has 0 aliphatic carbocycles. The molecule has 0 aromatic heterocycles. The first-order valence-electron chi connectivity index (χ1n) is 6.56. The van der Waals surface area contributed by atoms with Crippen LogP contribution in [0.25, 0.3) is 0 Å². The zero-order valence-electron chi connectivity index (χ0n) is 10.8. The fourth-order valence-corrected chi connectivity index (χ4v) is 2.47. The molecule has 2 atom stereocenters. The third kappa shape index (κ3) is 3.68. The molecule has 1 aromatic carbocycles. The van der Waals surface area contributed by atoms with Gasteiger partial charge in [-0.1, -0.05) is 30.3 Å². The monoisotopic (exact) mass is 264 g/mol. The number of benzene rings is 1. The summed E-state index contributed by atoms with van der Waals surface area (Å²) in [7, 11) is 0. The van der Waals surface area contributed by atoms with Gasteiger partial charge in [0.15, 0.2) is 0 Å². The minimum atomic E-state index is -0.886. The molecule has 1 aliphatic heterocycles. The number of nitrogens with zero attached hydrogens (tertiary/aromatic N) is 1. The third-order valence-corrected chi connectivity index (χ3v) is 3.67. The Morgan fingerprint density at radius 3 is 2.74 bits per heavy atom. The van der Waals surface area contributed by atoms with Crippen LogP contribution in [0.5, 0.6) is 0 Å². The molecule has 1 saturated heterocycles. The third-order valence-electron chi connectivity index (χ3n) is 3.67. The summed E-state index contributed by atoms with van der Waals surface area (Å²) in [5.74, 6) is 0.124. The zero-order valence-corrected chi connectivity index (χ0v) is 10.8. The normalized spacial score (nSPS) is 23.3. The van der Waals surface area contributed by atoms with Gasteiger partial charge in [-0.15, -0.1) is 0 Å². The van der Waals surface area contributed by atoms with Gasteiger partial charge >= 0.3 is 6.09 Å². The first kappa shape index (κ1) is 13.8. The summed E-state index contributed by atoms with van der Waals surface area (Å²) in [5.41, 5.74) is 1.16. The van der Waals surface area contributed by atoms with Crippen molar-refractivity contribution in [3.05, 3.63) is 35.9 Å². The van der Waals surface area contributed by atoms with Gasteiger partial charge in [-0.2, -0.15) is 0 Å². The average molecular weight is 264 g/mol. The Hall–Kier alpha value is -1.59. The number of aliphatic hydroxyl groups is 1. The van der Waals surface area contributed by atoms with Crippen LogP contribution < -0.4 is 5.32 Å². The van der Waals surface area contributed by atoms with E-state index in [1.807, 2.05) is 30.3 Å². The number of carbonyl (C=O) groups is 1. The van der Waals surface area contributed by atoms with E-state index in [0.717, 1.165) is 5.56 Å². The second-order valence-electron chi connectivity index (χ2n) is 4.93. The van der Waals surface area contributed by atoms with Crippen LogP contribution in [0.1, 0.15) is 12.0 Å². The number of carboxylic acid groups (broad SMARTS) is 1. The van der Waals surface area contributed by atoms with Gasteiger partial charge in [0.1, 0.15) is 0 Å². The van der Waals surface area contributed by atoms with Gasteiger partial charge in [0.25, 0.3) is 0 Å². The fourth-order valence-electron chi connectivity index (χ4n) is 2.47. The molecule has 1 aromatic rings. The van der Waals surface area contributed by atoms with Crippen LogP contribution >= 0.6 is 0 Å². The average Bonchev–Trinajstić information content (AvgIpc) is 2.45. The summed E-state index contributed by atoms with van der Waals surface area (Å²) in [5, 5.41) is 21.8. The molecule has 19 heavy (non-hydrogen) atoms. The van der Waals surface area contributed by atoms with Crippen LogP contribution in [-0.4, -0.2) is 46.9 Å². The maximum Gasteiger partial charge on any atom is 0.407 e. The summed E-state index contributed by atoms with van der Waals surface area (Å²) >= 11 is 0. The van der Waals surface area contributed by atoms with Crippen molar-refractivity contribution in [3.8, 4) is 0 Å². The van der Waals surface area contributed by atoms with Gasteiger partial charge in [-0.25, -0.2) is 4.79 Å². The number of likely N-dealkylation sites (tertiary alicyclic amines) is 1. The maximum absolute atomic E-state index is 11.0. The zero-order chi connectivity index (χ0) is 13.7. The maximum atomic E-state index is 11.0. The van der Waals surface area contributed by atoms with E-state index in [2.05, 4.69) is 5.32 Å². The Bertz CT molecular complexity index is 410. The molecule has 5 heteroatoms. The van der Waals surface area contributed by atoms with E-state index in [0.29, 0.717) is 26.1 Å². The molecule has 1 heterocycles. The largest absolute Gasteiger partial charge is 0.465 e. The quantitative estimate of drug-likeness (QED) is 0.762. The summed E-state index contributed by atoms with van der Waals surface area (Å²) in [6.45, 7) is 1.73. The van der Waals surface area contributed by atoms with Crippen LogP contribution in [0.15, 0.2) is 30.3 Å². The molecule has 1 amide bonds. The number of aliphatic hydroxyl groups excluding tert-OH is 1. The van der Waals surface area contributed by atoms with Crippen LogP contribution in [-0.2, 0) is 6.54 Å². The summed E-state index contributed by atoms with van der Waals surface area (Å²) in [4.78, 5) is 12.4. The lowest BCUT2D eigenvalue weighted by molar-refractivity contribution is 0.0840. The molecule has 1 fully saturated rings. The molecule has 0 radical (unpaired) electrons. The molecule has 5 nitrogen and oxygen atoms in total. The Labute approximate surface area is 112 Å². The van der Waals surface area contributed by atoms with Crippen molar-refractivity contribution >= 4 is 6.09 Å². The molecule has 2 rings (SSSR count). The van der Waals surface area contributed by atoms with Crippen molar-refractivity contribution in [2.45, 2.75) is 19.0 Å². The van der Waals surface area contributed by atoms with Crippen LogP contribution in [0, 0.1) is 5.92 Å². The highest BCUT2D eigenvalue weighted by Crippen LogP contribution is 2.18. The van der Waals surface area contributed by atoms with Crippen molar-refractivity contribution in [2.75, 3.05) is 19.7 Å². The molecule has 3 N–H and O–H groups in total. The smallest absolute Gasteiger partial charge is 0.407 e. The van der Waals surface area contributed by atoms with Crippen molar-refractivity contribution in [3.63, 3.8) is 0 Å². The molecule has 104 valence electrons. The van der Waals surface area contributed by atoms with Crippen LogP contribution in [0.2, 0.25) is 0 Å². The van der Waals surface area contributed by atoms with E-state index in [-0.39, 0.29) is 18.6 Å². The highest BCUT2D eigenvalue weighted by atomic mass is 16.4. The number of hydrogen-bond donors (Lipinski definition) is 3. The highest BCUT2D eigenvalue weighted by molar-refractivity contribution is 5.65. The molecule has 0 bridgehead atoms. The van der Waals surface area contributed by atoms with E-state index in [9.17, 15) is 9.90 Å². The topological polar surface area (TPSA) is 72.8 Å². The van der Waals surface area contributed by atoms with Crippen LogP contribution in [0.3, 0.4) is 0 Å². The minimum Gasteiger partial charge on any atom is -0.465 e. The SMILES string of the molecule is O=C(O)N1CC[C@H](CO)[C@H](NCc2ccccc2)C1. The van der Waals surface area contributed by atoms with Gasteiger partial charge in [0.05, 0.1) is 0 Å². The van der Waals surface area contributed by atoms with E-state index in [1.165, 1.54) is 4.90 Å². The second kappa shape index (κ2) is 6.54. The lowest BCUT2D eigenvalue weighted by Gasteiger charge is -2.37. The molecular weight excluding hydrogens is 244 g/mol. The number of nitrogens with one attached hydrogen (secondary N) is 1. The van der Waals surface area contributed by atoms with Gasteiger partial charge < -0.3 is 20.4 Å². The van der Waals surface area contributed by atoms with E-state index in [1.54, 1.807) is 0 Å². The summed E-state index contributed by atoms with van der Waals surface area (Å²) in [6, 6.07) is 9.98. The van der Waals surface area contributed by atoms with Gasteiger partial charge in [-0.3, -0.25) is 0 Å². The summed E-state index contributed by atoms with van der Waals surface area (Å²) in [6.07, 6.45) is -0.183. The van der Waals surface area contributed by atoms with E-state index in [4.69, 9.17) is 5.11 Å². The molecular formula is C14H20N2O3. The Kier molecular flexibility index (Phi) is 4.76. The Balaban J connectivity index is 1.93. The van der Waals surface area contributed by atoms with Crippen molar-refractivity contribution in [1.82, 2.24) is 10.2 Å². The van der Waals surface area contributed by atoms with Gasteiger partial charge in [0, 0.05) is 38.2 Å². The number of piperidine rings is 1. The van der Waals surface area contributed by atoms with E-state index < -0.39 is 6.09 Å². The van der Waals surface area contributed by atoms with Crippen molar-refractivity contribution in [2.24, 2.45) is 5.92 Å².